The molecule has 1 saturated carbocycles. The van der Waals surface area contributed by atoms with Gasteiger partial charge in [-0.2, -0.15) is 0 Å². The van der Waals surface area contributed by atoms with E-state index >= 15 is 0 Å². The lowest BCUT2D eigenvalue weighted by atomic mass is 10.1. The summed E-state index contributed by atoms with van der Waals surface area (Å²) in [5.41, 5.74) is 1.81. The molecule has 1 aliphatic rings. The first-order valence-electron chi connectivity index (χ1n) is 3.40. The summed E-state index contributed by atoms with van der Waals surface area (Å²) in [6, 6.07) is 0. The van der Waals surface area contributed by atoms with Crippen LogP contribution in [-0.2, 0) is 0 Å². The predicted octanol–water partition coefficient (Wildman–Crippen LogP) is 2.24. The van der Waals surface area contributed by atoms with Gasteiger partial charge in [0.05, 0.1) is 0 Å². The van der Waals surface area contributed by atoms with Crippen molar-refractivity contribution in [1.82, 2.24) is 0 Å². The van der Waals surface area contributed by atoms with Crippen molar-refractivity contribution < 1.29 is 0 Å². The Morgan fingerprint density at radius 3 is 2.11 bits per heavy atom. The van der Waals surface area contributed by atoms with Crippen LogP contribution < -0.4 is 0 Å². The Bertz CT molecular complexity index is 140. The maximum absolute atomic E-state index is 7.49. The minimum Gasteiger partial charge on any atom is -0.305 e. The van der Waals surface area contributed by atoms with Gasteiger partial charge in [-0.25, -0.2) is 0 Å². The molecular weight excluding hydrogens is 110 g/mol. The molecular formula is C8H13N. The van der Waals surface area contributed by atoms with E-state index < -0.39 is 0 Å². The highest BCUT2D eigenvalue weighted by Gasteiger charge is 2.26. The first-order chi connectivity index (χ1) is 4.13. The minimum atomic E-state index is 0.451. The lowest BCUT2D eigenvalue weighted by Crippen LogP contribution is -2.00. The average molecular weight is 123 g/mol. The molecule has 1 rings (SSSR count). The molecule has 0 aromatic heterocycles. The van der Waals surface area contributed by atoms with Gasteiger partial charge >= 0.3 is 0 Å². The monoisotopic (exact) mass is 123 g/mol. The van der Waals surface area contributed by atoms with Gasteiger partial charge < -0.3 is 5.41 Å². The quantitative estimate of drug-likeness (QED) is 0.510. The van der Waals surface area contributed by atoms with Crippen LogP contribution >= 0.6 is 0 Å². The summed E-state index contributed by atoms with van der Waals surface area (Å²) in [6.45, 7) is 8.08. The van der Waals surface area contributed by atoms with Crippen LogP contribution in [0.2, 0.25) is 0 Å². The largest absolute Gasteiger partial charge is 0.305 e. The Kier molecular flexibility index (Phi) is 1.43. The molecule has 9 heavy (non-hydrogen) atoms. The standard InChI is InChI=1S/C8H13N/c1-5-4-6(2)8(9)7(5)3/h5-6,9H,3-4H2,1-2H3. The van der Waals surface area contributed by atoms with Crippen molar-refractivity contribution in [2.75, 3.05) is 0 Å². The van der Waals surface area contributed by atoms with Gasteiger partial charge in [-0.15, -0.1) is 0 Å². The maximum Gasteiger partial charge on any atom is 0.0371 e. The second-order valence-electron chi connectivity index (χ2n) is 2.98. The van der Waals surface area contributed by atoms with Crippen LogP contribution in [0.4, 0.5) is 0 Å². The molecule has 0 aliphatic heterocycles. The second kappa shape index (κ2) is 1.98. The fourth-order valence-electron chi connectivity index (χ4n) is 1.37. The summed E-state index contributed by atoms with van der Waals surface area (Å²) in [5, 5.41) is 7.49. The summed E-state index contributed by atoms with van der Waals surface area (Å²) in [5.74, 6) is 1.000. The van der Waals surface area contributed by atoms with E-state index in [2.05, 4.69) is 20.4 Å². The minimum absolute atomic E-state index is 0.451. The lowest BCUT2D eigenvalue weighted by molar-refractivity contribution is 0.608. The third-order valence-corrected chi connectivity index (χ3v) is 2.14. The summed E-state index contributed by atoms with van der Waals surface area (Å²) in [7, 11) is 0. The number of allylic oxidation sites excluding steroid dienone is 1. The Balaban J connectivity index is 2.77. The molecule has 1 heteroatoms. The predicted molar refractivity (Wildman–Crippen MR) is 39.8 cm³/mol. The molecule has 1 aliphatic carbocycles. The van der Waals surface area contributed by atoms with Crippen LogP contribution in [0.1, 0.15) is 20.3 Å². The molecule has 0 heterocycles. The van der Waals surface area contributed by atoms with E-state index in [0.29, 0.717) is 11.8 Å². The van der Waals surface area contributed by atoms with Gasteiger partial charge in [0, 0.05) is 5.71 Å². The van der Waals surface area contributed by atoms with Crippen LogP contribution in [0, 0.1) is 17.2 Å². The molecule has 50 valence electrons. The summed E-state index contributed by atoms with van der Waals surface area (Å²) in [4.78, 5) is 0. The van der Waals surface area contributed by atoms with E-state index in [9.17, 15) is 0 Å². The van der Waals surface area contributed by atoms with Crippen LogP contribution in [0.15, 0.2) is 12.2 Å². The van der Waals surface area contributed by atoms with Gasteiger partial charge in [0.2, 0.25) is 0 Å². The first-order valence-corrected chi connectivity index (χ1v) is 3.40. The molecule has 0 bridgehead atoms. The first kappa shape index (κ1) is 6.53. The molecule has 1 N–H and O–H groups in total. The Hall–Kier alpha value is -0.590. The number of hydrogen-bond donors (Lipinski definition) is 1. The molecule has 0 amide bonds. The molecule has 0 saturated heterocycles. The third kappa shape index (κ3) is 0.913. The van der Waals surface area contributed by atoms with E-state index in [1.54, 1.807) is 0 Å². The van der Waals surface area contributed by atoms with E-state index in [-0.39, 0.29) is 0 Å². The number of nitrogens with one attached hydrogen (secondary N) is 1. The Morgan fingerprint density at radius 1 is 1.44 bits per heavy atom. The van der Waals surface area contributed by atoms with Crippen molar-refractivity contribution in [3.05, 3.63) is 12.2 Å². The highest BCUT2D eigenvalue weighted by Crippen LogP contribution is 2.30. The van der Waals surface area contributed by atoms with E-state index in [1.807, 2.05) is 0 Å². The fourth-order valence-corrected chi connectivity index (χ4v) is 1.37. The normalized spacial score (nSPS) is 35.8. The van der Waals surface area contributed by atoms with Gasteiger partial charge in [0.1, 0.15) is 0 Å². The Morgan fingerprint density at radius 2 is 2.00 bits per heavy atom. The van der Waals surface area contributed by atoms with Gasteiger partial charge in [-0.3, -0.25) is 0 Å². The fraction of sp³-hybridized carbons (Fsp3) is 0.625. The smallest absolute Gasteiger partial charge is 0.0371 e. The van der Waals surface area contributed by atoms with Gasteiger partial charge in [0.15, 0.2) is 0 Å². The summed E-state index contributed by atoms with van der Waals surface area (Å²) >= 11 is 0. The highest BCUT2D eigenvalue weighted by atomic mass is 14.5. The molecule has 2 atom stereocenters. The second-order valence-corrected chi connectivity index (χ2v) is 2.98. The van der Waals surface area contributed by atoms with Crippen LogP contribution in [-0.4, -0.2) is 5.71 Å². The zero-order valence-electron chi connectivity index (χ0n) is 6.07. The summed E-state index contributed by atoms with van der Waals surface area (Å²) < 4.78 is 0. The van der Waals surface area contributed by atoms with E-state index in [1.165, 1.54) is 0 Å². The lowest BCUT2D eigenvalue weighted by Gasteiger charge is -1.97. The zero-order valence-corrected chi connectivity index (χ0v) is 6.07. The number of hydrogen-bond acceptors (Lipinski definition) is 1. The molecule has 0 spiro atoms. The third-order valence-electron chi connectivity index (χ3n) is 2.14. The van der Waals surface area contributed by atoms with Crippen molar-refractivity contribution in [3.8, 4) is 0 Å². The van der Waals surface area contributed by atoms with Gasteiger partial charge in [-0.05, 0) is 23.8 Å². The molecule has 0 radical (unpaired) electrons. The van der Waals surface area contributed by atoms with Crippen molar-refractivity contribution in [3.63, 3.8) is 0 Å². The number of rotatable bonds is 0. The molecule has 1 nitrogen and oxygen atoms in total. The molecule has 1 fully saturated rings. The van der Waals surface area contributed by atoms with Crippen molar-refractivity contribution in [2.45, 2.75) is 20.3 Å². The van der Waals surface area contributed by atoms with Crippen molar-refractivity contribution in [1.29, 1.82) is 5.41 Å². The molecule has 0 aromatic carbocycles. The maximum atomic E-state index is 7.49. The van der Waals surface area contributed by atoms with Gasteiger partial charge in [-0.1, -0.05) is 20.4 Å². The van der Waals surface area contributed by atoms with Gasteiger partial charge in [0.25, 0.3) is 0 Å². The van der Waals surface area contributed by atoms with Crippen LogP contribution in [0.3, 0.4) is 0 Å². The van der Waals surface area contributed by atoms with Crippen molar-refractivity contribution in [2.24, 2.45) is 11.8 Å². The molecule has 2 unspecified atom stereocenters. The van der Waals surface area contributed by atoms with Crippen molar-refractivity contribution >= 4 is 5.71 Å². The summed E-state index contributed by atoms with van der Waals surface area (Å²) in [6.07, 6.45) is 1.12. The highest BCUT2D eigenvalue weighted by molar-refractivity contribution is 6.01. The average Bonchev–Trinajstić information content (AvgIpc) is 1.98. The SMILES string of the molecule is C=C1C(=N)C(C)CC1C. The Labute approximate surface area is 56.3 Å². The molecule has 0 aromatic rings. The van der Waals surface area contributed by atoms with Crippen LogP contribution in [0.5, 0.6) is 0 Å². The topological polar surface area (TPSA) is 23.9 Å². The van der Waals surface area contributed by atoms with E-state index in [0.717, 1.165) is 17.7 Å². The van der Waals surface area contributed by atoms with E-state index in [4.69, 9.17) is 5.41 Å². The van der Waals surface area contributed by atoms with Crippen LogP contribution in [0.25, 0.3) is 0 Å². The zero-order chi connectivity index (χ0) is 7.02.